The number of benzene rings is 2. The third-order valence-electron chi connectivity index (χ3n) is 3.01. The summed E-state index contributed by atoms with van der Waals surface area (Å²) in [6.45, 7) is 0.103. The van der Waals surface area contributed by atoms with Crippen LogP contribution < -0.4 is 14.2 Å². The summed E-state index contributed by atoms with van der Waals surface area (Å²) < 4.78 is 29.1. The van der Waals surface area contributed by atoms with Gasteiger partial charge in [-0.05, 0) is 24.3 Å². The molecular weight excluding hydrogens is 311 g/mol. The Hall–Kier alpha value is -2.27. The van der Waals surface area contributed by atoms with Crippen LogP contribution in [0.4, 0.5) is 4.39 Å². The van der Waals surface area contributed by atoms with Crippen LogP contribution in [0.5, 0.6) is 17.2 Å². The number of rotatable bonds is 6. The molecule has 6 heteroatoms. The Bertz CT molecular complexity index is 663. The number of halogens is 2. The lowest BCUT2D eigenvalue weighted by molar-refractivity contribution is 0.112. The number of carbonyl (C=O) groups excluding carboxylic acids is 1. The molecule has 0 N–H and O–H groups in total. The molecule has 0 aromatic heterocycles. The van der Waals surface area contributed by atoms with Crippen molar-refractivity contribution in [3.8, 4) is 17.2 Å². The standard InChI is InChI=1S/C16H14ClFO4/c1-20-14-5-10(8-19)6-15(21-2)16(14)22-9-11-3-4-12(18)7-13(11)17/h3-8H,9H2,1-2H3. The first kappa shape index (κ1) is 16.1. The maximum atomic E-state index is 13.0. The minimum Gasteiger partial charge on any atom is -0.493 e. The van der Waals surface area contributed by atoms with Crippen LogP contribution in [0.1, 0.15) is 15.9 Å². The van der Waals surface area contributed by atoms with Crippen LogP contribution in [0.2, 0.25) is 5.02 Å². The molecule has 0 saturated heterocycles. The van der Waals surface area contributed by atoms with Gasteiger partial charge in [0.15, 0.2) is 11.5 Å². The van der Waals surface area contributed by atoms with Crippen LogP contribution in [0.25, 0.3) is 0 Å². The Balaban J connectivity index is 2.30. The van der Waals surface area contributed by atoms with Gasteiger partial charge >= 0.3 is 0 Å². The average Bonchev–Trinajstić information content (AvgIpc) is 2.53. The van der Waals surface area contributed by atoms with Crippen molar-refractivity contribution >= 4 is 17.9 Å². The van der Waals surface area contributed by atoms with Crippen LogP contribution in [0, 0.1) is 5.82 Å². The summed E-state index contributed by atoms with van der Waals surface area (Å²) in [5.41, 5.74) is 1.02. The first-order valence-corrected chi connectivity index (χ1v) is 6.74. The molecule has 0 unspecified atom stereocenters. The number of carbonyl (C=O) groups is 1. The average molecular weight is 325 g/mol. The fourth-order valence-corrected chi connectivity index (χ4v) is 2.12. The van der Waals surface area contributed by atoms with Gasteiger partial charge in [0.2, 0.25) is 5.75 Å². The molecule has 2 rings (SSSR count). The molecule has 2 aromatic carbocycles. The van der Waals surface area contributed by atoms with Crippen LogP contribution in [0.3, 0.4) is 0 Å². The number of methoxy groups -OCH3 is 2. The zero-order valence-corrected chi connectivity index (χ0v) is 12.8. The minimum atomic E-state index is -0.417. The van der Waals surface area contributed by atoms with E-state index in [1.807, 2.05) is 0 Å². The molecule has 116 valence electrons. The molecule has 0 atom stereocenters. The molecule has 2 aromatic rings. The lowest BCUT2D eigenvalue weighted by atomic mass is 10.2. The monoisotopic (exact) mass is 324 g/mol. The summed E-state index contributed by atoms with van der Waals surface area (Å²) >= 11 is 5.96. The van der Waals surface area contributed by atoms with Crippen molar-refractivity contribution in [3.63, 3.8) is 0 Å². The highest BCUT2D eigenvalue weighted by molar-refractivity contribution is 6.31. The van der Waals surface area contributed by atoms with E-state index in [0.717, 1.165) is 0 Å². The Kier molecular flexibility index (Phi) is 5.22. The molecule has 0 spiro atoms. The second-order valence-electron chi connectivity index (χ2n) is 4.40. The molecule has 22 heavy (non-hydrogen) atoms. The predicted octanol–water partition coefficient (Wildman–Crippen LogP) is 3.89. The van der Waals surface area contributed by atoms with Crippen molar-refractivity contribution in [2.75, 3.05) is 14.2 Å². The summed E-state index contributed by atoms with van der Waals surface area (Å²) in [6.07, 6.45) is 0.686. The maximum Gasteiger partial charge on any atom is 0.203 e. The van der Waals surface area contributed by atoms with E-state index < -0.39 is 5.82 Å². The van der Waals surface area contributed by atoms with E-state index in [0.29, 0.717) is 34.7 Å². The molecule has 0 bridgehead atoms. The van der Waals surface area contributed by atoms with Crippen LogP contribution in [-0.2, 0) is 6.61 Å². The fourth-order valence-electron chi connectivity index (χ4n) is 1.90. The highest BCUT2D eigenvalue weighted by atomic mass is 35.5. The van der Waals surface area contributed by atoms with Gasteiger partial charge in [-0.3, -0.25) is 4.79 Å². The van der Waals surface area contributed by atoms with E-state index in [9.17, 15) is 9.18 Å². The third kappa shape index (κ3) is 3.49. The van der Waals surface area contributed by atoms with Crippen LogP contribution in [0.15, 0.2) is 30.3 Å². The van der Waals surface area contributed by atoms with Crippen molar-refractivity contribution < 1.29 is 23.4 Å². The van der Waals surface area contributed by atoms with Gasteiger partial charge < -0.3 is 14.2 Å². The SMILES string of the molecule is COc1cc(C=O)cc(OC)c1OCc1ccc(F)cc1Cl. The molecule has 0 saturated carbocycles. The Morgan fingerprint density at radius 3 is 2.27 bits per heavy atom. The van der Waals surface area contributed by atoms with Crippen molar-refractivity contribution in [2.24, 2.45) is 0 Å². The largest absolute Gasteiger partial charge is 0.493 e. The van der Waals surface area contributed by atoms with E-state index in [-0.39, 0.29) is 11.6 Å². The molecule has 0 amide bonds. The molecule has 4 nitrogen and oxygen atoms in total. The summed E-state index contributed by atoms with van der Waals surface area (Å²) in [4.78, 5) is 10.9. The van der Waals surface area contributed by atoms with Gasteiger partial charge in [0.1, 0.15) is 18.7 Å². The van der Waals surface area contributed by atoms with E-state index in [2.05, 4.69) is 0 Å². The first-order chi connectivity index (χ1) is 10.6. The molecule has 0 aliphatic rings. The van der Waals surface area contributed by atoms with E-state index in [4.69, 9.17) is 25.8 Å². The van der Waals surface area contributed by atoms with Gasteiger partial charge in [-0.1, -0.05) is 17.7 Å². The van der Waals surface area contributed by atoms with Crippen molar-refractivity contribution in [2.45, 2.75) is 6.61 Å². The lowest BCUT2D eigenvalue weighted by Gasteiger charge is -2.15. The lowest BCUT2D eigenvalue weighted by Crippen LogP contribution is -2.02. The van der Waals surface area contributed by atoms with Gasteiger partial charge in [-0.25, -0.2) is 4.39 Å². The fraction of sp³-hybridized carbons (Fsp3) is 0.188. The summed E-state index contributed by atoms with van der Waals surface area (Å²) in [5, 5.41) is 0.266. The summed E-state index contributed by atoms with van der Waals surface area (Å²) in [5.74, 6) is 0.648. The van der Waals surface area contributed by atoms with Gasteiger partial charge in [0.05, 0.1) is 19.2 Å². The molecule has 0 heterocycles. The van der Waals surface area contributed by atoms with E-state index in [1.54, 1.807) is 0 Å². The molecule has 0 radical (unpaired) electrons. The van der Waals surface area contributed by atoms with Gasteiger partial charge in [-0.2, -0.15) is 0 Å². The number of hydrogen-bond donors (Lipinski definition) is 0. The molecule has 0 aliphatic carbocycles. The normalized spacial score (nSPS) is 10.2. The first-order valence-electron chi connectivity index (χ1n) is 6.37. The number of ether oxygens (including phenoxy) is 3. The van der Waals surface area contributed by atoms with Crippen molar-refractivity contribution in [1.82, 2.24) is 0 Å². The zero-order valence-electron chi connectivity index (χ0n) is 12.1. The van der Waals surface area contributed by atoms with Crippen LogP contribution >= 0.6 is 11.6 Å². The highest BCUT2D eigenvalue weighted by Gasteiger charge is 2.15. The number of hydrogen-bond acceptors (Lipinski definition) is 4. The van der Waals surface area contributed by atoms with Crippen molar-refractivity contribution in [3.05, 3.63) is 52.3 Å². The molecule has 0 fully saturated rings. The smallest absolute Gasteiger partial charge is 0.203 e. The highest BCUT2D eigenvalue weighted by Crippen LogP contribution is 2.39. The Morgan fingerprint density at radius 2 is 1.77 bits per heavy atom. The zero-order chi connectivity index (χ0) is 16.1. The van der Waals surface area contributed by atoms with Gasteiger partial charge in [0.25, 0.3) is 0 Å². The second-order valence-corrected chi connectivity index (χ2v) is 4.80. The maximum absolute atomic E-state index is 13.0. The third-order valence-corrected chi connectivity index (χ3v) is 3.36. The minimum absolute atomic E-state index is 0.103. The van der Waals surface area contributed by atoms with Gasteiger partial charge in [0, 0.05) is 11.1 Å². The van der Waals surface area contributed by atoms with Gasteiger partial charge in [-0.15, -0.1) is 0 Å². The summed E-state index contributed by atoms with van der Waals surface area (Å²) in [6, 6.07) is 7.13. The van der Waals surface area contributed by atoms with E-state index in [1.165, 1.54) is 44.6 Å². The predicted molar refractivity (Wildman–Crippen MR) is 80.7 cm³/mol. The number of aldehydes is 1. The Morgan fingerprint density at radius 1 is 1.14 bits per heavy atom. The quantitative estimate of drug-likeness (QED) is 0.756. The molecular formula is C16H14ClFO4. The van der Waals surface area contributed by atoms with Crippen molar-refractivity contribution in [1.29, 1.82) is 0 Å². The summed E-state index contributed by atoms with van der Waals surface area (Å²) in [7, 11) is 2.92. The van der Waals surface area contributed by atoms with E-state index >= 15 is 0 Å². The van der Waals surface area contributed by atoms with Crippen LogP contribution in [-0.4, -0.2) is 20.5 Å². The topological polar surface area (TPSA) is 44.8 Å². The Labute approximate surface area is 132 Å². The molecule has 0 aliphatic heterocycles. The second kappa shape index (κ2) is 7.13.